The molecule has 3 nitrogen and oxygen atoms in total. The monoisotopic (exact) mass is 601 g/mol. The van der Waals surface area contributed by atoms with Crippen LogP contribution in [0.2, 0.25) is 0 Å². The third-order valence-electron chi connectivity index (χ3n) is 9.79. The maximum Gasteiger partial charge on any atom is 0.161 e. The lowest BCUT2D eigenvalue weighted by atomic mass is 9.81. The predicted octanol–water partition coefficient (Wildman–Crippen LogP) is 11.2. The summed E-state index contributed by atoms with van der Waals surface area (Å²) in [5, 5.41) is 4.89. The van der Waals surface area contributed by atoms with E-state index in [4.69, 9.17) is 9.97 Å². The second-order valence-electron chi connectivity index (χ2n) is 12.9. The van der Waals surface area contributed by atoms with Crippen molar-refractivity contribution < 1.29 is 0 Å². The number of pyridine rings is 1. The zero-order valence-corrected chi connectivity index (χ0v) is 26.3. The molecule has 222 valence electrons. The van der Waals surface area contributed by atoms with Crippen molar-refractivity contribution in [1.82, 2.24) is 15.0 Å². The standard InChI is InChI=1S/C44H31N3/c1-44(2)38-22-19-30(25-37(38)42-33-15-7-6-11-28(33)18-23-39(42)44)32-20-21-36(35-17-9-8-16-34(32)35)43-46-40(29-12-4-3-5-13-29)26-41(47-43)31-14-10-24-45-27-31/h3-27H,1-2H3. The van der Waals surface area contributed by atoms with Gasteiger partial charge in [-0.1, -0.05) is 123 Å². The molecule has 0 fully saturated rings. The summed E-state index contributed by atoms with van der Waals surface area (Å²) in [6.07, 6.45) is 3.65. The van der Waals surface area contributed by atoms with E-state index in [1.807, 2.05) is 36.5 Å². The summed E-state index contributed by atoms with van der Waals surface area (Å²) in [5.41, 5.74) is 12.6. The quantitative estimate of drug-likeness (QED) is 0.201. The first-order valence-electron chi connectivity index (χ1n) is 16.1. The molecule has 8 aromatic rings. The fraction of sp³-hybridized carbons (Fsp3) is 0.0682. The molecule has 0 bridgehead atoms. The molecule has 0 atom stereocenters. The van der Waals surface area contributed by atoms with Crippen molar-refractivity contribution in [3.63, 3.8) is 0 Å². The first-order valence-corrected chi connectivity index (χ1v) is 16.1. The summed E-state index contributed by atoms with van der Waals surface area (Å²) in [4.78, 5) is 14.6. The van der Waals surface area contributed by atoms with Gasteiger partial charge in [0.15, 0.2) is 5.82 Å². The first kappa shape index (κ1) is 27.4. The Morgan fingerprint density at radius 2 is 1.13 bits per heavy atom. The minimum absolute atomic E-state index is 0.0633. The molecule has 0 unspecified atom stereocenters. The van der Waals surface area contributed by atoms with Crippen LogP contribution in [0.5, 0.6) is 0 Å². The largest absolute Gasteiger partial charge is 0.264 e. The lowest BCUT2D eigenvalue weighted by Gasteiger charge is -2.21. The van der Waals surface area contributed by atoms with Gasteiger partial charge in [-0.2, -0.15) is 0 Å². The van der Waals surface area contributed by atoms with Crippen molar-refractivity contribution in [2.75, 3.05) is 0 Å². The minimum Gasteiger partial charge on any atom is -0.264 e. The summed E-state index contributed by atoms with van der Waals surface area (Å²) in [5.74, 6) is 0.698. The van der Waals surface area contributed by atoms with Crippen LogP contribution >= 0.6 is 0 Å². The van der Waals surface area contributed by atoms with Crippen molar-refractivity contribution in [1.29, 1.82) is 0 Å². The zero-order chi connectivity index (χ0) is 31.5. The number of rotatable bonds is 4. The molecule has 2 heterocycles. The predicted molar refractivity (Wildman–Crippen MR) is 194 cm³/mol. The molecule has 0 spiro atoms. The van der Waals surface area contributed by atoms with Gasteiger partial charge in [0.05, 0.1) is 11.4 Å². The van der Waals surface area contributed by atoms with Gasteiger partial charge < -0.3 is 0 Å². The Morgan fingerprint density at radius 3 is 1.91 bits per heavy atom. The summed E-state index contributed by atoms with van der Waals surface area (Å²) < 4.78 is 0. The van der Waals surface area contributed by atoms with E-state index in [1.54, 1.807) is 6.20 Å². The average Bonchev–Trinajstić information content (AvgIpc) is 3.37. The lowest BCUT2D eigenvalue weighted by Crippen LogP contribution is -2.14. The van der Waals surface area contributed by atoms with E-state index in [2.05, 4.69) is 128 Å². The highest BCUT2D eigenvalue weighted by Crippen LogP contribution is 2.52. The van der Waals surface area contributed by atoms with Crippen LogP contribution in [0.1, 0.15) is 25.0 Å². The van der Waals surface area contributed by atoms with E-state index >= 15 is 0 Å². The topological polar surface area (TPSA) is 38.7 Å². The van der Waals surface area contributed by atoms with Crippen LogP contribution < -0.4 is 0 Å². The Bertz CT molecular complexity index is 2420. The zero-order valence-electron chi connectivity index (χ0n) is 26.3. The highest BCUT2D eigenvalue weighted by atomic mass is 14.9. The molecule has 47 heavy (non-hydrogen) atoms. The molecule has 0 saturated heterocycles. The Labute approximate surface area is 274 Å². The average molecular weight is 602 g/mol. The normalized spacial score (nSPS) is 13.1. The molecular formula is C44H31N3. The van der Waals surface area contributed by atoms with Crippen molar-refractivity contribution in [3.05, 3.63) is 163 Å². The molecule has 9 rings (SSSR count). The third kappa shape index (κ3) is 4.39. The molecule has 3 heteroatoms. The Kier molecular flexibility index (Phi) is 6.16. The molecule has 1 aliphatic rings. The smallest absolute Gasteiger partial charge is 0.161 e. The molecule has 0 saturated carbocycles. The van der Waals surface area contributed by atoms with Gasteiger partial charge >= 0.3 is 0 Å². The second-order valence-corrected chi connectivity index (χ2v) is 12.9. The molecule has 0 N–H and O–H groups in total. The summed E-state index contributed by atoms with van der Waals surface area (Å²) in [6, 6.07) is 49.8. The van der Waals surface area contributed by atoms with Crippen molar-refractivity contribution in [2.45, 2.75) is 19.3 Å². The molecule has 1 aliphatic carbocycles. The first-order chi connectivity index (χ1) is 23.1. The van der Waals surface area contributed by atoms with Gasteiger partial charge in [0.2, 0.25) is 0 Å². The van der Waals surface area contributed by atoms with Crippen LogP contribution in [0.3, 0.4) is 0 Å². The minimum atomic E-state index is -0.0633. The third-order valence-corrected chi connectivity index (χ3v) is 9.79. The molecule has 6 aromatic carbocycles. The Balaban J connectivity index is 1.23. The van der Waals surface area contributed by atoms with E-state index in [-0.39, 0.29) is 5.41 Å². The SMILES string of the molecule is CC1(C)c2ccc(-c3ccc(-c4nc(-c5ccccc5)cc(-c5cccnc5)n4)c4ccccc34)cc2-c2c1ccc1ccccc21. The Morgan fingerprint density at radius 1 is 0.468 bits per heavy atom. The van der Waals surface area contributed by atoms with Crippen LogP contribution in [-0.4, -0.2) is 15.0 Å². The molecular weight excluding hydrogens is 571 g/mol. The number of benzene rings is 6. The highest BCUT2D eigenvalue weighted by molar-refractivity contribution is 6.07. The number of aromatic nitrogens is 3. The number of fused-ring (bicyclic) bond motifs is 6. The lowest BCUT2D eigenvalue weighted by molar-refractivity contribution is 0.661. The van der Waals surface area contributed by atoms with Gasteiger partial charge in [0.25, 0.3) is 0 Å². The van der Waals surface area contributed by atoms with Gasteiger partial charge in [-0.3, -0.25) is 4.98 Å². The van der Waals surface area contributed by atoms with Gasteiger partial charge in [-0.05, 0) is 85.3 Å². The van der Waals surface area contributed by atoms with Gasteiger partial charge in [-0.15, -0.1) is 0 Å². The van der Waals surface area contributed by atoms with Crippen LogP contribution in [0.15, 0.2) is 152 Å². The van der Waals surface area contributed by atoms with E-state index in [1.165, 1.54) is 49.5 Å². The van der Waals surface area contributed by atoms with Crippen LogP contribution in [-0.2, 0) is 5.41 Å². The van der Waals surface area contributed by atoms with Gasteiger partial charge in [0, 0.05) is 34.5 Å². The van der Waals surface area contributed by atoms with E-state index in [9.17, 15) is 0 Å². The van der Waals surface area contributed by atoms with E-state index in [0.717, 1.165) is 33.5 Å². The van der Waals surface area contributed by atoms with Crippen molar-refractivity contribution in [2.24, 2.45) is 0 Å². The number of hydrogen-bond donors (Lipinski definition) is 0. The maximum absolute atomic E-state index is 5.14. The number of nitrogens with zero attached hydrogens (tertiary/aromatic N) is 3. The highest BCUT2D eigenvalue weighted by Gasteiger charge is 2.36. The summed E-state index contributed by atoms with van der Waals surface area (Å²) in [7, 11) is 0. The van der Waals surface area contributed by atoms with Crippen LogP contribution in [0.25, 0.3) is 77.7 Å². The molecule has 0 aliphatic heterocycles. The molecule has 0 amide bonds. The van der Waals surface area contributed by atoms with Crippen molar-refractivity contribution in [3.8, 4) is 56.2 Å². The maximum atomic E-state index is 5.14. The van der Waals surface area contributed by atoms with E-state index in [0.29, 0.717) is 5.82 Å². The van der Waals surface area contributed by atoms with E-state index < -0.39 is 0 Å². The fourth-order valence-corrected chi connectivity index (χ4v) is 7.42. The fourth-order valence-electron chi connectivity index (χ4n) is 7.42. The molecule has 2 aromatic heterocycles. The second kappa shape index (κ2) is 10.6. The summed E-state index contributed by atoms with van der Waals surface area (Å²) in [6.45, 7) is 4.69. The van der Waals surface area contributed by atoms with Gasteiger partial charge in [-0.25, -0.2) is 9.97 Å². The van der Waals surface area contributed by atoms with Crippen LogP contribution in [0, 0.1) is 0 Å². The Hall–Kier alpha value is -5.93. The molecule has 0 radical (unpaired) electrons. The summed E-state index contributed by atoms with van der Waals surface area (Å²) >= 11 is 0. The van der Waals surface area contributed by atoms with Crippen LogP contribution in [0.4, 0.5) is 0 Å². The van der Waals surface area contributed by atoms with Gasteiger partial charge in [0.1, 0.15) is 0 Å². The van der Waals surface area contributed by atoms with Crippen molar-refractivity contribution >= 4 is 21.5 Å². The number of hydrogen-bond acceptors (Lipinski definition) is 3.